The lowest BCUT2D eigenvalue weighted by Gasteiger charge is -2.05. The minimum absolute atomic E-state index is 0.0685. The fraction of sp³-hybridized carbons (Fsp3) is 0.182. The molecule has 0 fully saturated rings. The number of carbonyl (C=O) groups excluding carboxylic acids is 1. The maximum atomic E-state index is 11.6. The first-order valence-electron chi connectivity index (χ1n) is 5.12. The summed E-state index contributed by atoms with van der Waals surface area (Å²) in [4.78, 5) is 11.6. The zero-order chi connectivity index (χ0) is 12.1. The molecule has 0 saturated carbocycles. The molecule has 5 nitrogen and oxygen atoms in total. The molecular weight excluding hydrogens is 240 g/mol. The summed E-state index contributed by atoms with van der Waals surface area (Å²) in [6.45, 7) is 0.555. The van der Waals surface area contributed by atoms with Crippen molar-refractivity contribution in [3.05, 3.63) is 41.9 Å². The first kappa shape index (κ1) is 11.6. The highest BCUT2D eigenvalue weighted by molar-refractivity contribution is 6.30. The van der Waals surface area contributed by atoms with Crippen LogP contribution < -0.4 is 5.32 Å². The van der Waals surface area contributed by atoms with Crippen LogP contribution in [0.4, 0.5) is 5.69 Å². The largest absolute Gasteiger partial charge is 0.326 e. The van der Waals surface area contributed by atoms with Gasteiger partial charge in [-0.1, -0.05) is 17.7 Å². The van der Waals surface area contributed by atoms with Crippen molar-refractivity contribution >= 4 is 23.2 Å². The Morgan fingerprint density at radius 3 is 2.82 bits per heavy atom. The van der Waals surface area contributed by atoms with Crippen molar-refractivity contribution < 1.29 is 4.79 Å². The highest BCUT2D eigenvalue weighted by Gasteiger charge is 2.03. The van der Waals surface area contributed by atoms with Crippen molar-refractivity contribution in [2.75, 3.05) is 5.32 Å². The smallest absolute Gasteiger partial charge is 0.226 e. The van der Waals surface area contributed by atoms with Gasteiger partial charge in [0.05, 0.1) is 0 Å². The van der Waals surface area contributed by atoms with Gasteiger partial charge in [-0.2, -0.15) is 0 Å². The van der Waals surface area contributed by atoms with Gasteiger partial charge in [0.1, 0.15) is 12.7 Å². The van der Waals surface area contributed by atoms with Crippen LogP contribution in [0.25, 0.3) is 0 Å². The lowest BCUT2D eigenvalue weighted by atomic mass is 10.3. The minimum Gasteiger partial charge on any atom is -0.326 e. The highest BCUT2D eigenvalue weighted by atomic mass is 35.5. The Bertz CT molecular complexity index is 498. The van der Waals surface area contributed by atoms with Crippen LogP contribution >= 0.6 is 11.6 Å². The summed E-state index contributed by atoms with van der Waals surface area (Å²) < 4.78 is 1.75. The molecule has 2 aromatic rings. The van der Waals surface area contributed by atoms with Crippen molar-refractivity contribution in [3.63, 3.8) is 0 Å². The van der Waals surface area contributed by atoms with Gasteiger partial charge in [0.2, 0.25) is 5.91 Å². The standard InChI is InChI=1S/C11H11ClN4O/c12-9-2-1-3-10(6-9)15-11(17)4-5-16-7-13-14-8-16/h1-3,6-8H,4-5H2,(H,15,17). The average molecular weight is 251 g/mol. The maximum Gasteiger partial charge on any atom is 0.226 e. The molecule has 0 atom stereocenters. The number of hydrogen-bond acceptors (Lipinski definition) is 3. The molecule has 0 aliphatic carbocycles. The van der Waals surface area contributed by atoms with Crippen molar-refractivity contribution in [3.8, 4) is 0 Å². The number of carbonyl (C=O) groups is 1. The molecule has 6 heteroatoms. The zero-order valence-electron chi connectivity index (χ0n) is 9.01. The molecule has 0 aliphatic rings. The number of anilines is 1. The molecule has 0 bridgehead atoms. The van der Waals surface area contributed by atoms with Crippen LogP contribution in [0.2, 0.25) is 5.02 Å². The van der Waals surface area contributed by atoms with Crippen LogP contribution in [0.15, 0.2) is 36.9 Å². The number of aromatic nitrogens is 3. The van der Waals surface area contributed by atoms with Crippen LogP contribution in [0, 0.1) is 0 Å². The predicted octanol–water partition coefficient (Wildman–Crippen LogP) is 1.96. The topological polar surface area (TPSA) is 59.8 Å². The third kappa shape index (κ3) is 3.57. The van der Waals surface area contributed by atoms with Gasteiger partial charge < -0.3 is 9.88 Å². The number of nitrogens with zero attached hydrogens (tertiary/aromatic N) is 3. The second kappa shape index (κ2) is 5.45. The summed E-state index contributed by atoms with van der Waals surface area (Å²) in [5.41, 5.74) is 0.700. The Balaban J connectivity index is 1.85. The fourth-order valence-electron chi connectivity index (χ4n) is 1.36. The number of halogens is 1. The summed E-state index contributed by atoms with van der Waals surface area (Å²) in [5.74, 6) is -0.0685. The second-order valence-corrected chi connectivity index (χ2v) is 3.94. The molecule has 0 spiro atoms. The summed E-state index contributed by atoms with van der Waals surface area (Å²) in [5, 5.41) is 10.7. The van der Waals surface area contributed by atoms with E-state index in [1.807, 2.05) is 0 Å². The molecule has 1 heterocycles. The zero-order valence-corrected chi connectivity index (χ0v) is 9.76. The molecule has 0 radical (unpaired) electrons. The Hall–Kier alpha value is -1.88. The van der Waals surface area contributed by atoms with Crippen molar-refractivity contribution in [2.45, 2.75) is 13.0 Å². The van der Waals surface area contributed by atoms with Gasteiger partial charge in [-0.25, -0.2) is 0 Å². The molecule has 1 aromatic carbocycles. The molecule has 17 heavy (non-hydrogen) atoms. The van der Waals surface area contributed by atoms with E-state index in [4.69, 9.17) is 11.6 Å². The van der Waals surface area contributed by atoms with Gasteiger partial charge in [-0.3, -0.25) is 4.79 Å². The lowest BCUT2D eigenvalue weighted by Crippen LogP contribution is -2.13. The fourth-order valence-corrected chi connectivity index (χ4v) is 1.55. The van der Waals surface area contributed by atoms with Crippen LogP contribution in [0.1, 0.15) is 6.42 Å². The normalized spacial score (nSPS) is 10.2. The van der Waals surface area contributed by atoms with E-state index in [-0.39, 0.29) is 5.91 Å². The molecule has 0 saturated heterocycles. The van der Waals surface area contributed by atoms with E-state index >= 15 is 0 Å². The van der Waals surface area contributed by atoms with E-state index in [2.05, 4.69) is 15.5 Å². The number of hydrogen-bond donors (Lipinski definition) is 1. The molecule has 88 valence electrons. The lowest BCUT2D eigenvalue weighted by molar-refractivity contribution is -0.116. The van der Waals surface area contributed by atoms with E-state index in [0.717, 1.165) is 0 Å². The number of benzene rings is 1. The second-order valence-electron chi connectivity index (χ2n) is 3.51. The summed E-state index contributed by atoms with van der Waals surface area (Å²) >= 11 is 5.81. The maximum absolute atomic E-state index is 11.6. The SMILES string of the molecule is O=C(CCn1cnnc1)Nc1cccc(Cl)c1. The molecule has 2 rings (SSSR count). The van der Waals surface area contributed by atoms with Gasteiger partial charge >= 0.3 is 0 Å². The molecular formula is C11H11ClN4O. The van der Waals surface area contributed by atoms with E-state index in [1.54, 1.807) is 41.5 Å². The first-order chi connectivity index (χ1) is 8.24. The van der Waals surface area contributed by atoms with E-state index in [9.17, 15) is 4.79 Å². The van der Waals surface area contributed by atoms with E-state index in [1.165, 1.54) is 0 Å². The average Bonchev–Trinajstić information content (AvgIpc) is 2.79. The molecule has 0 unspecified atom stereocenters. The third-order valence-electron chi connectivity index (χ3n) is 2.17. The predicted molar refractivity (Wildman–Crippen MR) is 64.7 cm³/mol. The van der Waals surface area contributed by atoms with E-state index < -0.39 is 0 Å². The number of amides is 1. The van der Waals surface area contributed by atoms with Crippen molar-refractivity contribution in [1.82, 2.24) is 14.8 Å². The molecule has 0 aliphatic heterocycles. The summed E-state index contributed by atoms with van der Waals surface area (Å²) in [6, 6.07) is 7.05. The highest BCUT2D eigenvalue weighted by Crippen LogP contribution is 2.14. The Kier molecular flexibility index (Phi) is 3.72. The van der Waals surface area contributed by atoms with Crippen molar-refractivity contribution in [2.24, 2.45) is 0 Å². The van der Waals surface area contributed by atoms with Gasteiger partial charge in [-0.05, 0) is 18.2 Å². The monoisotopic (exact) mass is 250 g/mol. The van der Waals surface area contributed by atoms with Gasteiger partial charge in [0.25, 0.3) is 0 Å². The van der Waals surface area contributed by atoms with Crippen molar-refractivity contribution in [1.29, 1.82) is 0 Å². The Morgan fingerprint density at radius 2 is 2.12 bits per heavy atom. The number of aryl methyl sites for hydroxylation is 1. The first-order valence-corrected chi connectivity index (χ1v) is 5.50. The van der Waals surface area contributed by atoms with E-state index in [0.29, 0.717) is 23.7 Å². The van der Waals surface area contributed by atoms with Crippen LogP contribution in [0.5, 0.6) is 0 Å². The Labute approximate surface area is 103 Å². The third-order valence-corrected chi connectivity index (χ3v) is 2.41. The van der Waals surface area contributed by atoms with Gasteiger partial charge in [-0.15, -0.1) is 10.2 Å². The van der Waals surface area contributed by atoms with Gasteiger partial charge in [0, 0.05) is 23.7 Å². The summed E-state index contributed by atoms with van der Waals surface area (Å²) in [6.07, 6.45) is 3.52. The molecule has 1 N–H and O–H groups in total. The number of nitrogens with one attached hydrogen (secondary N) is 1. The van der Waals surface area contributed by atoms with Crippen LogP contribution in [-0.4, -0.2) is 20.7 Å². The number of rotatable bonds is 4. The molecule has 1 amide bonds. The minimum atomic E-state index is -0.0685. The quantitative estimate of drug-likeness (QED) is 0.902. The van der Waals surface area contributed by atoms with Gasteiger partial charge in [0.15, 0.2) is 0 Å². The van der Waals surface area contributed by atoms with Crippen LogP contribution in [-0.2, 0) is 11.3 Å². The summed E-state index contributed by atoms with van der Waals surface area (Å²) in [7, 11) is 0. The molecule has 1 aromatic heterocycles. The Morgan fingerprint density at radius 1 is 1.35 bits per heavy atom. The van der Waals surface area contributed by atoms with Crippen LogP contribution in [0.3, 0.4) is 0 Å².